The number of ether oxygens (including phenoxy) is 1. The lowest BCUT2D eigenvalue weighted by Crippen LogP contribution is -2.12. The molecule has 6 nitrogen and oxygen atoms in total. The van der Waals surface area contributed by atoms with Crippen LogP contribution in [0.15, 0.2) is 39.6 Å². The van der Waals surface area contributed by atoms with Crippen LogP contribution in [0.1, 0.15) is 22.8 Å². The summed E-state index contributed by atoms with van der Waals surface area (Å²) in [5.74, 6) is -1.82. The Labute approximate surface area is 119 Å². The summed E-state index contributed by atoms with van der Waals surface area (Å²) in [6.45, 7) is 1.99. The Morgan fingerprint density at radius 3 is 2.76 bits per heavy atom. The molecule has 108 valence electrons. The molecule has 2 aromatic rings. The third kappa shape index (κ3) is 3.36. The molecule has 1 heterocycles. The summed E-state index contributed by atoms with van der Waals surface area (Å²) < 4.78 is 9.68. The molecule has 0 atom stereocenters. The van der Waals surface area contributed by atoms with E-state index in [1.54, 1.807) is 19.1 Å². The van der Waals surface area contributed by atoms with Gasteiger partial charge in [-0.15, -0.1) is 0 Å². The van der Waals surface area contributed by atoms with E-state index in [-0.39, 0.29) is 12.2 Å². The first-order valence-corrected chi connectivity index (χ1v) is 6.17. The Balaban J connectivity index is 2.41. The summed E-state index contributed by atoms with van der Waals surface area (Å²) in [6, 6.07) is 6.03. The van der Waals surface area contributed by atoms with E-state index < -0.39 is 23.1 Å². The van der Waals surface area contributed by atoms with Crippen molar-refractivity contribution in [3.05, 3.63) is 51.9 Å². The van der Waals surface area contributed by atoms with Crippen LogP contribution in [0.4, 0.5) is 0 Å². The van der Waals surface area contributed by atoms with E-state index in [2.05, 4.69) is 0 Å². The van der Waals surface area contributed by atoms with Gasteiger partial charge < -0.3 is 14.3 Å². The molecule has 0 saturated heterocycles. The number of carbonyl (C=O) groups is 2. The lowest BCUT2D eigenvalue weighted by Gasteiger charge is -2.00. The molecule has 0 fully saturated rings. The fraction of sp³-hybridized carbons (Fsp3) is 0.133. The molecule has 0 aliphatic heterocycles. The molecule has 1 aromatic heterocycles. The zero-order valence-electron chi connectivity index (χ0n) is 11.2. The quantitative estimate of drug-likeness (QED) is 0.526. The van der Waals surface area contributed by atoms with Crippen LogP contribution in [0.3, 0.4) is 0 Å². The van der Waals surface area contributed by atoms with Crippen LogP contribution in [-0.4, -0.2) is 23.7 Å². The monoisotopic (exact) mass is 288 g/mol. The summed E-state index contributed by atoms with van der Waals surface area (Å²) >= 11 is 0. The molecule has 1 aromatic carbocycles. The largest absolute Gasteiger partial charge is 0.477 e. The number of benzene rings is 1. The number of carboxylic acids is 1. The number of rotatable bonds is 4. The van der Waals surface area contributed by atoms with Gasteiger partial charge in [-0.2, -0.15) is 0 Å². The molecule has 0 unspecified atom stereocenters. The number of carbonyl (C=O) groups excluding carboxylic acids is 1. The first-order valence-electron chi connectivity index (χ1n) is 6.17. The second kappa shape index (κ2) is 6.04. The van der Waals surface area contributed by atoms with Gasteiger partial charge in [0.1, 0.15) is 11.1 Å². The minimum atomic E-state index is -1.35. The minimum Gasteiger partial charge on any atom is -0.477 e. The number of aromatic carboxylic acids is 1. The normalized spacial score (nSPS) is 10.9. The Morgan fingerprint density at radius 1 is 1.33 bits per heavy atom. The molecular weight excluding hydrogens is 276 g/mol. The van der Waals surface area contributed by atoms with Crippen LogP contribution in [-0.2, 0) is 9.53 Å². The van der Waals surface area contributed by atoms with Crippen LogP contribution < -0.4 is 5.63 Å². The number of esters is 1. The summed E-state index contributed by atoms with van der Waals surface area (Å²) in [5.41, 5.74) is -0.405. The van der Waals surface area contributed by atoms with Crippen LogP contribution >= 0.6 is 0 Å². The summed E-state index contributed by atoms with van der Waals surface area (Å²) in [7, 11) is 0. The SMILES string of the molecule is CCOC(=O)C=Cc1ccc2oc(=O)c(C(=O)O)cc2c1. The molecule has 0 saturated carbocycles. The summed E-state index contributed by atoms with van der Waals surface area (Å²) in [6.07, 6.45) is 2.80. The maximum Gasteiger partial charge on any atom is 0.351 e. The van der Waals surface area contributed by atoms with Gasteiger partial charge in [0.25, 0.3) is 0 Å². The molecule has 0 bridgehead atoms. The fourth-order valence-corrected chi connectivity index (χ4v) is 1.75. The molecule has 0 aliphatic rings. The minimum absolute atomic E-state index is 0.276. The van der Waals surface area contributed by atoms with E-state index in [1.807, 2.05) is 0 Å². The highest BCUT2D eigenvalue weighted by molar-refractivity contribution is 5.92. The zero-order valence-corrected chi connectivity index (χ0v) is 11.2. The highest BCUT2D eigenvalue weighted by Crippen LogP contribution is 2.16. The van der Waals surface area contributed by atoms with Crippen molar-refractivity contribution < 1.29 is 23.8 Å². The Hall–Kier alpha value is -2.89. The summed E-state index contributed by atoms with van der Waals surface area (Å²) in [5, 5.41) is 9.35. The molecule has 0 spiro atoms. The smallest absolute Gasteiger partial charge is 0.351 e. The van der Waals surface area contributed by atoms with E-state index in [9.17, 15) is 14.4 Å². The van der Waals surface area contributed by atoms with Crippen molar-refractivity contribution in [1.29, 1.82) is 0 Å². The van der Waals surface area contributed by atoms with Crippen molar-refractivity contribution in [1.82, 2.24) is 0 Å². The fourth-order valence-electron chi connectivity index (χ4n) is 1.75. The van der Waals surface area contributed by atoms with Gasteiger partial charge in [-0.05, 0) is 36.8 Å². The van der Waals surface area contributed by atoms with Crippen molar-refractivity contribution in [3.8, 4) is 0 Å². The Kier molecular flexibility index (Phi) is 4.18. The molecule has 0 radical (unpaired) electrons. The number of hydrogen-bond acceptors (Lipinski definition) is 5. The van der Waals surface area contributed by atoms with Gasteiger partial charge in [-0.3, -0.25) is 0 Å². The molecule has 0 aliphatic carbocycles. The van der Waals surface area contributed by atoms with Gasteiger partial charge in [0, 0.05) is 11.5 Å². The summed E-state index contributed by atoms with van der Waals surface area (Å²) in [4.78, 5) is 33.5. The van der Waals surface area contributed by atoms with E-state index in [0.29, 0.717) is 10.9 Å². The second-order valence-corrected chi connectivity index (χ2v) is 4.14. The maximum atomic E-state index is 11.4. The van der Waals surface area contributed by atoms with Gasteiger partial charge >= 0.3 is 17.6 Å². The highest BCUT2D eigenvalue weighted by atomic mass is 16.5. The number of carboxylic acid groups (broad SMARTS) is 1. The van der Waals surface area contributed by atoms with Crippen LogP contribution in [0.5, 0.6) is 0 Å². The van der Waals surface area contributed by atoms with Gasteiger partial charge in [-0.1, -0.05) is 6.07 Å². The highest BCUT2D eigenvalue weighted by Gasteiger charge is 2.11. The third-order valence-corrected chi connectivity index (χ3v) is 2.69. The first-order chi connectivity index (χ1) is 10.0. The van der Waals surface area contributed by atoms with Crippen molar-refractivity contribution in [2.45, 2.75) is 6.92 Å². The van der Waals surface area contributed by atoms with E-state index in [1.165, 1.54) is 24.3 Å². The van der Waals surface area contributed by atoms with Gasteiger partial charge in [-0.25, -0.2) is 14.4 Å². The van der Waals surface area contributed by atoms with Crippen LogP contribution in [0, 0.1) is 0 Å². The molecule has 21 heavy (non-hydrogen) atoms. The van der Waals surface area contributed by atoms with Gasteiger partial charge in [0.2, 0.25) is 0 Å². The maximum absolute atomic E-state index is 11.4. The lowest BCUT2D eigenvalue weighted by molar-refractivity contribution is -0.137. The van der Waals surface area contributed by atoms with E-state index in [0.717, 1.165) is 0 Å². The molecule has 1 N–H and O–H groups in total. The third-order valence-electron chi connectivity index (χ3n) is 2.69. The van der Waals surface area contributed by atoms with Gasteiger partial charge in [0.05, 0.1) is 6.61 Å². The molecule has 6 heteroatoms. The van der Waals surface area contributed by atoms with E-state index >= 15 is 0 Å². The zero-order chi connectivity index (χ0) is 15.4. The average Bonchev–Trinajstić information content (AvgIpc) is 2.44. The van der Waals surface area contributed by atoms with Crippen molar-refractivity contribution in [3.63, 3.8) is 0 Å². The average molecular weight is 288 g/mol. The molecule has 0 amide bonds. The van der Waals surface area contributed by atoms with E-state index in [4.69, 9.17) is 14.3 Å². The topological polar surface area (TPSA) is 93.8 Å². The Morgan fingerprint density at radius 2 is 2.10 bits per heavy atom. The first kappa shape index (κ1) is 14.5. The van der Waals surface area contributed by atoms with Crippen LogP contribution in [0.2, 0.25) is 0 Å². The predicted molar refractivity (Wildman–Crippen MR) is 75.1 cm³/mol. The van der Waals surface area contributed by atoms with Crippen molar-refractivity contribution in [2.75, 3.05) is 6.61 Å². The number of fused-ring (bicyclic) bond motifs is 1. The second-order valence-electron chi connectivity index (χ2n) is 4.14. The number of hydrogen-bond donors (Lipinski definition) is 1. The Bertz CT molecular complexity index is 784. The molecule has 2 rings (SSSR count). The predicted octanol–water partition coefficient (Wildman–Crippen LogP) is 2.07. The van der Waals surface area contributed by atoms with Gasteiger partial charge in [0.15, 0.2) is 0 Å². The standard InChI is InChI=1S/C15H12O6/c1-2-20-13(16)6-4-9-3-5-12-10(7-9)8-11(14(17)18)15(19)21-12/h3-8H,2H2,1H3,(H,17,18). The lowest BCUT2D eigenvalue weighted by atomic mass is 10.1. The van der Waals surface area contributed by atoms with Crippen molar-refractivity contribution >= 4 is 29.0 Å². The van der Waals surface area contributed by atoms with Crippen molar-refractivity contribution in [2.24, 2.45) is 0 Å². The molecular formula is C15H12O6. The van der Waals surface area contributed by atoms with Crippen LogP contribution in [0.25, 0.3) is 17.0 Å².